The van der Waals surface area contributed by atoms with E-state index in [4.69, 9.17) is 9.57 Å². The summed E-state index contributed by atoms with van der Waals surface area (Å²) in [6.45, 7) is 11.7. The first kappa shape index (κ1) is 18.2. The van der Waals surface area contributed by atoms with Crippen LogP contribution < -0.4 is 10.1 Å². The summed E-state index contributed by atoms with van der Waals surface area (Å²) >= 11 is 0. The Morgan fingerprint density at radius 3 is 2.82 bits per heavy atom. The minimum atomic E-state index is 0.513. The minimum absolute atomic E-state index is 0.513. The van der Waals surface area contributed by atoms with E-state index in [2.05, 4.69) is 37.0 Å². The van der Waals surface area contributed by atoms with Crippen molar-refractivity contribution in [3.63, 3.8) is 0 Å². The first-order chi connectivity index (χ1) is 10.6. The zero-order valence-corrected chi connectivity index (χ0v) is 14.2. The van der Waals surface area contributed by atoms with E-state index in [1.165, 1.54) is 0 Å². The van der Waals surface area contributed by atoms with Gasteiger partial charge in [0.05, 0.1) is 12.3 Å². The third kappa shape index (κ3) is 6.31. The van der Waals surface area contributed by atoms with Crippen molar-refractivity contribution in [2.24, 2.45) is 5.16 Å². The van der Waals surface area contributed by atoms with Crippen LogP contribution in [0.1, 0.15) is 38.3 Å². The zero-order valence-electron chi connectivity index (χ0n) is 14.2. The summed E-state index contributed by atoms with van der Waals surface area (Å²) in [7, 11) is 1.55. The van der Waals surface area contributed by atoms with Crippen molar-refractivity contribution in [3.05, 3.63) is 42.0 Å². The van der Waals surface area contributed by atoms with Gasteiger partial charge in [0.1, 0.15) is 12.9 Å². The summed E-state index contributed by atoms with van der Waals surface area (Å²) in [5.41, 5.74) is 3.00. The SMILES string of the molecule is C=CCc1cc(/C(C)=N/OC)ccc1OCCCNC(C)C. The van der Waals surface area contributed by atoms with E-state index in [1.54, 1.807) is 7.11 Å². The molecular formula is C18H28N2O2. The van der Waals surface area contributed by atoms with Crippen LogP contribution in [-0.2, 0) is 11.3 Å². The van der Waals surface area contributed by atoms with E-state index in [1.807, 2.05) is 25.1 Å². The van der Waals surface area contributed by atoms with Gasteiger partial charge >= 0.3 is 0 Å². The van der Waals surface area contributed by atoms with Gasteiger partial charge in [-0.25, -0.2) is 0 Å². The summed E-state index contributed by atoms with van der Waals surface area (Å²) in [6, 6.07) is 6.60. The van der Waals surface area contributed by atoms with Crippen molar-refractivity contribution in [1.82, 2.24) is 5.32 Å². The van der Waals surface area contributed by atoms with Gasteiger partial charge in [0.25, 0.3) is 0 Å². The van der Waals surface area contributed by atoms with Crippen LogP contribution in [0.25, 0.3) is 0 Å². The number of ether oxygens (including phenoxy) is 1. The van der Waals surface area contributed by atoms with Gasteiger partial charge in [-0.3, -0.25) is 0 Å². The molecule has 0 unspecified atom stereocenters. The fraction of sp³-hybridized carbons (Fsp3) is 0.500. The summed E-state index contributed by atoms with van der Waals surface area (Å²) in [4.78, 5) is 4.83. The molecule has 4 nitrogen and oxygen atoms in total. The normalized spacial score (nSPS) is 11.6. The fourth-order valence-corrected chi connectivity index (χ4v) is 2.09. The van der Waals surface area contributed by atoms with Crippen LogP contribution in [0.4, 0.5) is 0 Å². The smallest absolute Gasteiger partial charge is 0.122 e. The van der Waals surface area contributed by atoms with E-state index < -0.39 is 0 Å². The molecule has 0 bridgehead atoms. The third-order valence-electron chi connectivity index (χ3n) is 3.20. The van der Waals surface area contributed by atoms with Crippen LogP contribution in [0.3, 0.4) is 0 Å². The molecule has 1 aromatic carbocycles. The maximum absolute atomic E-state index is 5.91. The highest BCUT2D eigenvalue weighted by atomic mass is 16.6. The van der Waals surface area contributed by atoms with Crippen molar-refractivity contribution >= 4 is 5.71 Å². The monoisotopic (exact) mass is 304 g/mol. The molecule has 0 heterocycles. The van der Waals surface area contributed by atoms with Gasteiger partial charge in [-0.2, -0.15) is 0 Å². The Balaban J connectivity index is 2.69. The van der Waals surface area contributed by atoms with E-state index in [-0.39, 0.29) is 0 Å². The van der Waals surface area contributed by atoms with Gasteiger partial charge in [0.2, 0.25) is 0 Å². The van der Waals surface area contributed by atoms with Gasteiger partial charge < -0.3 is 14.9 Å². The molecule has 0 amide bonds. The molecule has 0 aliphatic carbocycles. The van der Waals surface area contributed by atoms with Crippen molar-refractivity contribution < 1.29 is 9.57 Å². The van der Waals surface area contributed by atoms with Crippen LogP contribution >= 0.6 is 0 Å². The molecule has 0 radical (unpaired) electrons. The number of allylic oxidation sites excluding steroid dienone is 1. The van der Waals surface area contributed by atoms with Crippen LogP contribution in [-0.4, -0.2) is 32.0 Å². The van der Waals surface area contributed by atoms with Crippen molar-refractivity contribution in [1.29, 1.82) is 0 Å². The van der Waals surface area contributed by atoms with E-state index in [0.717, 1.165) is 42.0 Å². The second-order valence-corrected chi connectivity index (χ2v) is 5.49. The molecular weight excluding hydrogens is 276 g/mol. The lowest BCUT2D eigenvalue weighted by Crippen LogP contribution is -2.24. The van der Waals surface area contributed by atoms with E-state index in [9.17, 15) is 0 Å². The quantitative estimate of drug-likeness (QED) is 0.311. The number of rotatable bonds is 10. The summed E-state index contributed by atoms with van der Waals surface area (Å²) in [6.07, 6.45) is 3.64. The predicted octanol–water partition coefficient (Wildman–Crippen LogP) is 3.55. The van der Waals surface area contributed by atoms with Gasteiger partial charge in [-0.15, -0.1) is 6.58 Å². The highest BCUT2D eigenvalue weighted by molar-refractivity contribution is 5.98. The highest BCUT2D eigenvalue weighted by Gasteiger charge is 2.07. The lowest BCUT2D eigenvalue weighted by molar-refractivity contribution is 0.213. The molecule has 4 heteroatoms. The second-order valence-electron chi connectivity index (χ2n) is 5.49. The first-order valence-corrected chi connectivity index (χ1v) is 7.76. The Hall–Kier alpha value is -1.81. The minimum Gasteiger partial charge on any atom is -0.493 e. The standard InChI is InChI=1S/C18H28N2O2/c1-6-8-17-13-16(15(4)20-21-5)9-10-18(17)22-12-7-11-19-14(2)3/h6,9-10,13-14,19H,1,7-8,11-12H2,2-5H3/b20-15+. The van der Waals surface area contributed by atoms with Gasteiger partial charge in [0, 0.05) is 6.04 Å². The van der Waals surface area contributed by atoms with Crippen molar-refractivity contribution in [2.75, 3.05) is 20.3 Å². The number of hydrogen-bond acceptors (Lipinski definition) is 4. The van der Waals surface area contributed by atoms with Gasteiger partial charge in [0.15, 0.2) is 0 Å². The number of hydrogen-bond donors (Lipinski definition) is 1. The van der Waals surface area contributed by atoms with Crippen LogP contribution in [0.2, 0.25) is 0 Å². The molecule has 1 aromatic rings. The van der Waals surface area contributed by atoms with E-state index >= 15 is 0 Å². The average Bonchev–Trinajstić information content (AvgIpc) is 2.48. The van der Waals surface area contributed by atoms with Gasteiger partial charge in [-0.1, -0.05) is 25.1 Å². The Morgan fingerprint density at radius 1 is 1.41 bits per heavy atom. The molecule has 0 spiro atoms. The summed E-state index contributed by atoms with van der Waals surface area (Å²) in [5, 5.41) is 7.35. The summed E-state index contributed by atoms with van der Waals surface area (Å²) < 4.78 is 5.91. The number of nitrogens with zero attached hydrogens (tertiary/aromatic N) is 1. The second kappa shape index (κ2) is 10.0. The highest BCUT2D eigenvalue weighted by Crippen LogP contribution is 2.22. The third-order valence-corrected chi connectivity index (χ3v) is 3.20. The lowest BCUT2D eigenvalue weighted by atomic mass is 10.0. The van der Waals surface area contributed by atoms with Gasteiger partial charge in [-0.05, 0) is 55.6 Å². The maximum atomic E-state index is 5.91. The number of nitrogens with one attached hydrogen (secondary N) is 1. The Kier molecular flexibility index (Phi) is 8.30. The maximum Gasteiger partial charge on any atom is 0.122 e. The molecule has 0 aliphatic heterocycles. The molecule has 0 atom stereocenters. The van der Waals surface area contributed by atoms with Crippen LogP contribution in [0.5, 0.6) is 5.75 Å². The molecule has 122 valence electrons. The van der Waals surface area contributed by atoms with Crippen LogP contribution in [0, 0.1) is 0 Å². The lowest BCUT2D eigenvalue weighted by Gasteiger charge is -2.13. The number of benzene rings is 1. The Morgan fingerprint density at radius 2 is 2.18 bits per heavy atom. The largest absolute Gasteiger partial charge is 0.493 e. The number of oxime groups is 1. The van der Waals surface area contributed by atoms with Crippen LogP contribution in [0.15, 0.2) is 36.0 Å². The van der Waals surface area contributed by atoms with E-state index in [0.29, 0.717) is 12.6 Å². The molecule has 0 aliphatic rings. The molecule has 0 saturated heterocycles. The van der Waals surface area contributed by atoms with Crippen molar-refractivity contribution in [2.45, 2.75) is 39.7 Å². The molecule has 1 N–H and O–H groups in total. The predicted molar refractivity (Wildman–Crippen MR) is 92.8 cm³/mol. The fourth-order valence-electron chi connectivity index (χ4n) is 2.09. The Bertz CT molecular complexity index is 496. The molecule has 1 rings (SSSR count). The summed E-state index contributed by atoms with van der Waals surface area (Å²) in [5.74, 6) is 0.915. The van der Waals surface area contributed by atoms with Crippen molar-refractivity contribution in [3.8, 4) is 5.75 Å². The average molecular weight is 304 g/mol. The zero-order chi connectivity index (χ0) is 16.4. The molecule has 0 aromatic heterocycles. The topological polar surface area (TPSA) is 42.9 Å². The molecule has 0 fully saturated rings. The molecule has 22 heavy (non-hydrogen) atoms. The Labute approximate surface area is 134 Å². The molecule has 0 saturated carbocycles. The first-order valence-electron chi connectivity index (χ1n) is 7.76.